The number of carbonyl (C=O) groups excluding carboxylic acids is 1. The number of thiazole rings is 1. The van der Waals surface area contributed by atoms with Crippen LogP contribution in [0.2, 0.25) is 0 Å². The van der Waals surface area contributed by atoms with Gasteiger partial charge in [0, 0.05) is 5.38 Å². The molecule has 0 radical (unpaired) electrons. The summed E-state index contributed by atoms with van der Waals surface area (Å²) in [5.41, 5.74) is 5.40. The fourth-order valence-corrected chi connectivity index (χ4v) is 2.30. The third kappa shape index (κ3) is 4.23. The first kappa shape index (κ1) is 14.9. The molecular formula is C15H14N4OS. The summed E-state index contributed by atoms with van der Waals surface area (Å²) in [6, 6.07) is 9.09. The number of amides is 1. The lowest BCUT2D eigenvalue weighted by Gasteiger charge is -2.02. The van der Waals surface area contributed by atoms with Gasteiger partial charge in [-0.3, -0.25) is 4.79 Å². The van der Waals surface area contributed by atoms with E-state index in [2.05, 4.69) is 21.6 Å². The topological polar surface area (TPSA) is 78.1 Å². The SMILES string of the molecule is CC(=NNC(=O)Cc1csc(C)n1)c1ccc(C#N)cc1. The third-order valence-corrected chi connectivity index (χ3v) is 3.61. The Labute approximate surface area is 127 Å². The van der Waals surface area contributed by atoms with Gasteiger partial charge in [0.1, 0.15) is 0 Å². The number of aromatic nitrogens is 1. The Kier molecular flexibility index (Phi) is 4.80. The maximum Gasteiger partial charge on any atom is 0.246 e. The summed E-state index contributed by atoms with van der Waals surface area (Å²) < 4.78 is 0. The van der Waals surface area contributed by atoms with Gasteiger partial charge in [-0.15, -0.1) is 11.3 Å². The van der Waals surface area contributed by atoms with E-state index in [4.69, 9.17) is 5.26 Å². The third-order valence-electron chi connectivity index (χ3n) is 2.79. The minimum atomic E-state index is -0.201. The zero-order valence-corrected chi connectivity index (χ0v) is 12.6. The lowest BCUT2D eigenvalue weighted by molar-refractivity contribution is -0.120. The quantitative estimate of drug-likeness (QED) is 0.695. The maximum atomic E-state index is 11.8. The molecule has 0 bridgehead atoms. The number of carbonyl (C=O) groups is 1. The van der Waals surface area contributed by atoms with E-state index in [-0.39, 0.29) is 12.3 Å². The largest absolute Gasteiger partial charge is 0.273 e. The molecular weight excluding hydrogens is 284 g/mol. The molecule has 1 amide bonds. The average Bonchev–Trinajstić information content (AvgIpc) is 2.90. The zero-order chi connectivity index (χ0) is 15.2. The normalized spacial score (nSPS) is 11.0. The molecule has 0 saturated carbocycles. The molecule has 1 aromatic heterocycles. The van der Waals surface area contributed by atoms with Crippen LogP contribution in [0.15, 0.2) is 34.7 Å². The summed E-state index contributed by atoms with van der Waals surface area (Å²) in [6.45, 7) is 3.70. The fraction of sp³-hybridized carbons (Fsp3) is 0.200. The van der Waals surface area contributed by atoms with Crippen molar-refractivity contribution >= 4 is 23.0 Å². The van der Waals surface area contributed by atoms with Gasteiger partial charge in [-0.05, 0) is 31.5 Å². The first-order valence-corrected chi connectivity index (χ1v) is 7.21. The lowest BCUT2D eigenvalue weighted by atomic mass is 10.1. The summed E-state index contributed by atoms with van der Waals surface area (Å²) in [5, 5.41) is 15.6. The summed E-state index contributed by atoms with van der Waals surface area (Å²) in [7, 11) is 0. The van der Waals surface area contributed by atoms with Crippen molar-refractivity contribution in [3.63, 3.8) is 0 Å². The second-order valence-corrected chi connectivity index (χ2v) is 5.52. The van der Waals surface area contributed by atoms with Gasteiger partial charge >= 0.3 is 0 Å². The van der Waals surface area contributed by atoms with Crippen molar-refractivity contribution in [3.05, 3.63) is 51.5 Å². The van der Waals surface area contributed by atoms with Crippen LogP contribution < -0.4 is 5.43 Å². The van der Waals surface area contributed by atoms with Crippen LogP contribution in [0.25, 0.3) is 0 Å². The Morgan fingerprint density at radius 3 is 2.71 bits per heavy atom. The summed E-state index contributed by atoms with van der Waals surface area (Å²) in [6.07, 6.45) is 0.217. The van der Waals surface area contributed by atoms with Crippen molar-refractivity contribution in [1.82, 2.24) is 10.4 Å². The van der Waals surface area contributed by atoms with Crippen LogP contribution in [0.5, 0.6) is 0 Å². The van der Waals surface area contributed by atoms with Crippen LogP contribution in [0.1, 0.15) is 28.8 Å². The fourth-order valence-electron chi connectivity index (χ4n) is 1.69. The summed E-state index contributed by atoms with van der Waals surface area (Å²) in [5.74, 6) is -0.201. The second-order valence-electron chi connectivity index (χ2n) is 4.46. The van der Waals surface area contributed by atoms with Gasteiger partial charge < -0.3 is 0 Å². The molecule has 1 aromatic carbocycles. The Morgan fingerprint density at radius 2 is 2.14 bits per heavy atom. The van der Waals surface area contributed by atoms with Gasteiger partial charge in [0.25, 0.3) is 0 Å². The average molecular weight is 298 g/mol. The highest BCUT2D eigenvalue weighted by Crippen LogP contribution is 2.08. The molecule has 0 saturated heterocycles. The van der Waals surface area contributed by atoms with Gasteiger partial charge in [-0.25, -0.2) is 10.4 Å². The number of hydrogen-bond acceptors (Lipinski definition) is 5. The number of nitriles is 1. The molecule has 6 heteroatoms. The van der Waals surface area contributed by atoms with Crippen molar-refractivity contribution in [2.24, 2.45) is 5.10 Å². The number of nitrogens with zero attached hydrogens (tertiary/aromatic N) is 3. The van der Waals surface area contributed by atoms with Crippen LogP contribution in [-0.2, 0) is 11.2 Å². The summed E-state index contributed by atoms with van der Waals surface area (Å²) >= 11 is 1.52. The molecule has 0 aliphatic heterocycles. The van der Waals surface area contributed by atoms with Crippen LogP contribution in [0.3, 0.4) is 0 Å². The minimum absolute atomic E-state index is 0.201. The van der Waals surface area contributed by atoms with E-state index in [1.54, 1.807) is 31.2 Å². The standard InChI is InChI=1S/C15H14N4OS/c1-10(13-5-3-12(8-16)4-6-13)18-19-15(20)7-14-9-21-11(2)17-14/h3-6,9H,7H2,1-2H3,(H,19,20). The van der Waals surface area contributed by atoms with Gasteiger partial charge in [0.05, 0.1) is 34.5 Å². The number of nitrogens with one attached hydrogen (secondary N) is 1. The Hall–Kier alpha value is -2.52. The molecule has 0 spiro atoms. The first-order chi connectivity index (χ1) is 10.1. The molecule has 21 heavy (non-hydrogen) atoms. The van der Waals surface area contributed by atoms with Gasteiger partial charge in [0.15, 0.2) is 0 Å². The van der Waals surface area contributed by atoms with Gasteiger partial charge in [-0.1, -0.05) is 12.1 Å². The molecule has 0 aliphatic rings. The van der Waals surface area contributed by atoms with E-state index in [1.165, 1.54) is 11.3 Å². The van der Waals surface area contributed by atoms with E-state index in [0.29, 0.717) is 11.3 Å². The Bertz CT molecular complexity index is 710. The van der Waals surface area contributed by atoms with Crippen LogP contribution in [0, 0.1) is 18.3 Å². The predicted molar refractivity (Wildman–Crippen MR) is 82.1 cm³/mol. The van der Waals surface area contributed by atoms with Crippen molar-refractivity contribution < 1.29 is 4.79 Å². The van der Waals surface area contributed by atoms with Crippen molar-refractivity contribution in [2.45, 2.75) is 20.3 Å². The van der Waals surface area contributed by atoms with Crippen molar-refractivity contribution in [3.8, 4) is 6.07 Å². The highest BCUT2D eigenvalue weighted by atomic mass is 32.1. The zero-order valence-electron chi connectivity index (χ0n) is 11.8. The second kappa shape index (κ2) is 6.77. The van der Waals surface area contributed by atoms with E-state index in [1.807, 2.05) is 12.3 Å². The Morgan fingerprint density at radius 1 is 1.43 bits per heavy atom. The monoisotopic (exact) mass is 298 g/mol. The number of aryl methyl sites for hydroxylation is 1. The number of benzene rings is 1. The molecule has 106 valence electrons. The molecule has 0 fully saturated rings. The Balaban J connectivity index is 1.96. The highest BCUT2D eigenvalue weighted by Gasteiger charge is 2.06. The lowest BCUT2D eigenvalue weighted by Crippen LogP contribution is -2.21. The molecule has 1 N–H and O–H groups in total. The van der Waals surface area contributed by atoms with E-state index in [0.717, 1.165) is 16.3 Å². The maximum absolute atomic E-state index is 11.8. The highest BCUT2D eigenvalue weighted by molar-refractivity contribution is 7.09. The summed E-state index contributed by atoms with van der Waals surface area (Å²) in [4.78, 5) is 16.0. The van der Waals surface area contributed by atoms with Crippen molar-refractivity contribution in [2.75, 3.05) is 0 Å². The van der Waals surface area contributed by atoms with Crippen LogP contribution in [-0.4, -0.2) is 16.6 Å². The van der Waals surface area contributed by atoms with E-state index in [9.17, 15) is 4.79 Å². The molecule has 2 rings (SSSR count). The molecule has 1 heterocycles. The minimum Gasteiger partial charge on any atom is -0.273 e. The van der Waals surface area contributed by atoms with Crippen LogP contribution >= 0.6 is 11.3 Å². The molecule has 0 unspecified atom stereocenters. The number of hydrazone groups is 1. The number of hydrogen-bond donors (Lipinski definition) is 1. The smallest absolute Gasteiger partial charge is 0.246 e. The van der Waals surface area contributed by atoms with Crippen LogP contribution in [0.4, 0.5) is 0 Å². The molecule has 0 atom stereocenters. The molecule has 2 aromatic rings. The first-order valence-electron chi connectivity index (χ1n) is 6.33. The van der Waals surface area contributed by atoms with Gasteiger partial charge in [0.2, 0.25) is 5.91 Å². The van der Waals surface area contributed by atoms with Gasteiger partial charge in [-0.2, -0.15) is 10.4 Å². The molecule has 5 nitrogen and oxygen atoms in total. The predicted octanol–water partition coefficient (Wildman–Crippen LogP) is 2.41. The number of rotatable bonds is 4. The van der Waals surface area contributed by atoms with E-state index < -0.39 is 0 Å². The van der Waals surface area contributed by atoms with E-state index >= 15 is 0 Å². The van der Waals surface area contributed by atoms with Crippen molar-refractivity contribution in [1.29, 1.82) is 5.26 Å². The molecule has 0 aliphatic carbocycles.